The average Bonchev–Trinajstić information content (AvgIpc) is 3.19. The van der Waals surface area contributed by atoms with Gasteiger partial charge in [0.1, 0.15) is 11.4 Å². The molecule has 1 aromatic heterocycles. The molecule has 0 saturated carbocycles. The van der Waals surface area contributed by atoms with Gasteiger partial charge in [0.15, 0.2) is 6.10 Å². The zero-order chi connectivity index (χ0) is 19.7. The summed E-state index contributed by atoms with van der Waals surface area (Å²) in [5.41, 5.74) is -0.00761. The summed E-state index contributed by atoms with van der Waals surface area (Å²) in [4.78, 5) is 31.0. The van der Waals surface area contributed by atoms with E-state index in [0.29, 0.717) is 43.2 Å². The van der Waals surface area contributed by atoms with Crippen LogP contribution in [-0.2, 0) is 21.7 Å². The van der Waals surface area contributed by atoms with Crippen molar-refractivity contribution in [1.82, 2.24) is 19.8 Å². The first kappa shape index (κ1) is 18.8. The number of carbonyl (C=O) groups excluding carboxylic acids is 2. The van der Waals surface area contributed by atoms with Gasteiger partial charge in [0.2, 0.25) is 0 Å². The summed E-state index contributed by atoms with van der Waals surface area (Å²) in [6.45, 7) is 1.48. The summed E-state index contributed by atoms with van der Waals surface area (Å²) in [5.74, 6) is 0.606. The van der Waals surface area contributed by atoms with Gasteiger partial charge >= 0.3 is 6.03 Å². The van der Waals surface area contributed by atoms with Crippen molar-refractivity contribution >= 4 is 29.2 Å². The quantitative estimate of drug-likeness (QED) is 0.804. The van der Waals surface area contributed by atoms with Crippen LogP contribution in [0.15, 0.2) is 36.7 Å². The third-order valence-electron chi connectivity index (χ3n) is 5.33. The highest BCUT2D eigenvalue weighted by Crippen LogP contribution is 2.40. The van der Waals surface area contributed by atoms with E-state index >= 15 is 0 Å². The topological polar surface area (TPSA) is 88.5 Å². The molecule has 1 fully saturated rings. The highest BCUT2D eigenvalue weighted by Gasteiger charge is 2.47. The number of aromatic nitrogens is 2. The lowest BCUT2D eigenvalue weighted by atomic mass is 9.88. The van der Waals surface area contributed by atoms with E-state index in [0.717, 1.165) is 5.82 Å². The van der Waals surface area contributed by atoms with Gasteiger partial charge in [-0.1, -0.05) is 11.6 Å². The molecule has 2 aromatic rings. The molecule has 3 amide bonds. The Morgan fingerprint density at radius 2 is 1.96 bits per heavy atom. The molecule has 4 rings (SSSR count). The first-order valence-electron chi connectivity index (χ1n) is 9.23. The molecule has 28 heavy (non-hydrogen) atoms. The fraction of sp³-hybridized carbons (Fsp3) is 0.421. The third-order valence-corrected chi connectivity index (χ3v) is 5.58. The lowest BCUT2D eigenvalue weighted by Gasteiger charge is -2.45. The number of anilines is 1. The van der Waals surface area contributed by atoms with E-state index in [-0.39, 0.29) is 11.9 Å². The van der Waals surface area contributed by atoms with E-state index in [9.17, 15) is 9.59 Å². The van der Waals surface area contributed by atoms with E-state index < -0.39 is 11.7 Å². The predicted molar refractivity (Wildman–Crippen MR) is 104 cm³/mol. The summed E-state index contributed by atoms with van der Waals surface area (Å²) in [7, 11) is 1.62. The summed E-state index contributed by atoms with van der Waals surface area (Å²) in [5, 5.41) is 6.15. The van der Waals surface area contributed by atoms with E-state index in [2.05, 4.69) is 15.6 Å². The minimum Gasteiger partial charge on any atom is -0.352 e. The lowest BCUT2D eigenvalue weighted by Crippen LogP contribution is -2.54. The molecule has 2 aliphatic rings. The maximum absolute atomic E-state index is 12.9. The van der Waals surface area contributed by atoms with Gasteiger partial charge in [-0.2, -0.15) is 0 Å². The maximum atomic E-state index is 12.9. The number of nitrogens with one attached hydrogen (secondary N) is 2. The van der Waals surface area contributed by atoms with Gasteiger partial charge in [-0.25, -0.2) is 9.78 Å². The summed E-state index contributed by atoms with van der Waals surface area (Å²) < 4.78 is 8.32. The van der Waals surface area contributed by atoms with Crippen LogP contribution in [-0.4, -0.2) is 52.6 Å². The zero-order valence-corrected chi connectivity index (χ0v) is 16.3. The standard InChI is InChI=1S/C19H22ClN5O3/c1-21-18(27)24-9-6-19(7-10-24)17-22-8-11-25(17)12-15(28-19)16(26)23-14-4-2-13(20)3-5-14/h2-5,8,11,15H,6-7,9-10,12H2,1H3,(H,21,27)(H,23,26)/t15-/m0/s1. The molecule has 2 aliphatic heterocycles. The lowest BCUT2D eigenvalue weighted by molar-refractivity contribution is -0.167. The van der Waals surface area contributed by atoms with Crippen molar-refractivity contribution in [3.8, 4) is 0 Å². The minimum absolute atomic E-state index is 0.106. The Labute approximate surface area is 167 Å². The van der Waals surface area contributed by atoms with Crippen molar-refractivity contribution in [2.75, 3.05) is 25.5 Å². The van der Waals surface area contributed by atoms with Crippen LogP contribution in [0.25, 0.3) is 0 Å². The van der Waals surface area contributed by atoms with Crippen molar-refractivity contribution in [3.63, 3.8) is 0 Å². The van der Waals surface area contributed by atoms with Crippen molar-refractivity contribution in [3.05, 3.63) is 47.5 Å². The SMILES string of the molecule is CNC(=O)N1CCC2(CC1)O[C@H](C(=O)Nc1ccc(Cl)cc1)Cn1ccnc12. The summed E-state index contributed by atoms with van der Waals surface area (Å²) in [6, 6.07) is 6.85. The number of halogens is 1. The number of ether oxygens (including phenoxy) is 1. The van der Waals surface area contributed by atoms with Gasteiger partial charge in [0.25, 0.3) is 5.91 Å². The average molecular weight is 404 g/mol. The van der Waals surface area contributed by atoms with Gasteiger partial charge < -0.3 is 24.8 Å². The largest absolute Gasteiger partial charge is 0.352 e. The van der Waals surface area contributed by atoms with Gasteiger partial charge in [-0.15, -0.1) is 0 Å². The Morgan fingerprint density at radius 3 is 2.64 bits per heavy atom. The molecule has 0 aliphatic carbocycles. The molecule has 3 heterocycles. The van der Waals surface area contributed by atoms with Crippen LogP contribution < -0.4 is 10.6 Å². The molecule has 0 radical (unpaired) electrons. The van der Waals surface area contributed by atoms with Crippen LogP contribution in [0.4, 0.5) is 10.5 Å². The molecule has 1 aromatic carbocycles. The van der Waals surface area contributed by atoms with Crippen LogP contribution in [0.5, 0.6) is 0 Å². The first-order valence-corrected chi connectivity index (χ1v) is 9.61. The first-order chi connectivity index (χ1) is 13.5. The number of amides is 3. The second kappa shape index (κ2) is 7.44. The molecule has 2 N–H and O–H groups in total. The molecule has 0 bridgehead atoms. The molecule has 1 spiro atoms. The fourth-order valence-corrected chi connectivity index (χ4v) is 3.99. The van der Waals surface area contributed by atoms with Crippen LogP contribution in [0.1, 0.15) is 18.7 Å². The van der Waals surface area contributed by atoms with Gasteiger partial charge in [-0.05, 0) is 24.3 Å². The van der Waals surface area contributed by atoms with E-state index in [1.165, 1.54) is 0 Å². The van der Waals surface area contributed by atoms with E-state index in [1.807, 2.05) is 10.8 Å². The second-order valence-corrected chi connectivity index (χ2v) is 7.48. The number of likely N-dealkylation sites (tertiary alicyclic amines) is 1. The summed E-state index contributed by atoms with van der Waals surface area (Å²) >= 11 is 5.90. The van der Waals surface area contributed by atoms with Crippen molar-refractivity contribution in [2.24, 2.45) is 0 Å². The Hall–Kier alpha value is -2.58. The number of nitrogens with zero attached hydrogens (tertiary/aromatic N) is 3. The molecule has 148 valence electrons. The number of imidazole rings is 1. The molecule has 8 nitrogen and oxygen atoms in total. The predicted octanol–water partition coefficient (Wildman–Crippen LogP) is 2.20. The fourth-order valence-electron chi connectivity index (χ4n) is 3.86. The van der Waals surface area contributed by atoms with Crippen LogP contribution in [0.2, 0.25) is 5.02 Å². The third kappa shape index (κ3) is 3.45. The zero-order valence-electron chi connectivity index (χ0n) is 15.5. The van der Waals surface area contributed by atoms with E-state index in [1.54, 1.807) is 42.4 Å². The molecule has 9 heteroatoms. The number of fused-ring (bicyclic) bond motifs is 2. The van der Waals surface area contributed by atoms with Crippen molar-refractivity contribution in [1.29, 1.82) is 0 Å². The Balaban J connectivity index is 1.52. The highest BCUT2D eigenvalue weighted by atomic mass is 35.5. The maximum Gasteiger partial charge on any atom is 0.317 e. The number of hydrogen-bond acceptors (Lipinski definition) is 4. The van der Waals surface area contributed by atoms with Gasteiger partial charge in [0, 0.05) is 56.1 Å². The van der Waals surface area contributed by atoms with Crippen LogP contribution in [0, 0.1) is 0 Å². The van der Waals surface area contributed by atoms with Crippen LogP contribution >= 0.6 is 11.6 Å². The molecule has 1 saturated heterocycles. The Kier molecular flexibility index (Phi) is 4.99. The molecule has 1 atom stereocenters. The number of carbonyl (C=O) groups is 2. The van der Waals surface area contributed by atoms with Gasteiger partial charge in [0.05, 0.1) is 6.54 Å². The number of hydrogen-bond donors (Lipinski definition) is 2. The highest BCUT2D eigenvalue weighted by molar-refractivity contribution is 6.30. The van der Waals surface area contributed by atoms with Crippen molar-refractivity contribution < 1.29 is 14.3 Å². The number of piperidine rings is 1. The number of benzene rings is 1. The summed E-state index contributed by atoms with van der Waals surface area (Å²) in [6.07, 6.45) is 4.12. The molecule has 0 unspecified atom stereocenters. The molecular weight excluding hydrogens is 382 g/mol. The minimum atomic E-state index is -0.672. The van der Waals surface area contributed by atoms with E-state index in [4.69, 9.17) is 16.3 Å². The number of urea groups is 1. The Morgan fingerprint density at radius 1 is 1.25 bits per heavy atom. The Bertz CT molecular complexity index is 874. The normalized spacial score (nSPS) is 20.5. The monoisotopic (exact) mass is 403 g/mol. The number of rotatable bonds is 2. The van der Waals surface area contributed by atoms with Crippen LogP contribution in [0.3, 0.4) is 0 Å². The molecular formula is C19H22ClN5O3. The van der Waals surface area contributed by atoms with Gasteiger partial charge in [-0.3, -0.25) is 4.79 Å². The smallest absolute Gasteiger partial charge is 0.317 e. The van der Waals surface area contributed by atoms with Crippen molar-refractivity contribution in [2.45, 2.75) is 31.1 Å². The second-order valence-electron chi connectivity index (χ2n) is 7.04.